The average molecular weight is 510 g/mol. The van der Waals surface area contributed by atoms with Gasteiger partial charge in [-0.1, -0.05) is 42.4 Å². The Morgan fingerprint density at radius 1 is 1.03 bits per heavy atom. The first-order chi connectivity index (χ1) is 17.8. The number of fused-ring (bicyclic) bond motifs is 1. The van der Waals surface area contributed by atoms with Crippen LogP contribution in [0.2, 0.25) is 0 Å². The summed E-state index contributed by atoms with van der Waals surface area (Å²) in [5, 5.41) is 4.57. The summed E-state index contributed by atoms with van der Waals surface area (Å²) < 4.78 is 45.6. The van der Waals surface area contributed by atoms with Gasteiger partial charge in [-0.2, -0.15) is 18.2 Å². The van der Waals surface area contributed by atoms with Crippen LogP contribution < -0.4 is 4.90 Å². The Balaban J connectivity index is 1.49. The molecule has 0 saturated carbocycles. The molecule has 0 N–H and O–H groups in total. The summed E-state index contributed by atoms with van der Waals surface area (Å²) in [6.45, 7) is 5.89. The number of amides is 1. The fourth-order valence-electron chi connectivity index (χ4n) is 4.59. The molecule has 0 spiro atoms. The molecule has 7 nitrogen and oxygen atoms in total. The van der Waals surface area contributed by atoms with E-state index in [1.807, 2.05) is 47.9 Å². The summed E-state index contributed by atoms with van der Waals surface area (Å²) in [7, 11) is 0. The van der Waals surface area contributed by atoms with E-state index >= 15 is 0 Å². The topological polar surface area (TPSA) is 75.4 Å². The van der Waals surface area contributed by atoms with E-state index in [9.17, 15) is 18.0 Å². The predicted octanol–water partition coefficient (Wildman–Crippen LogP) is 5.53. The van der Waals surface area contributed by atoms with E-state index in [1.54, 1.807) is 6.07 Å². The van der Waals surface area contributed by atoms with Gasteiger partial charge < -0.3 is 14.3 Å². The van der Waals surface area contributed by atoms with Crippen molar-refractivity contribution in [3.8, 4) is 11.3 Å². The van der Waals surface area contributed by atoms with Crippen LogP contribution in [0.1, 0.15) is 40.7 Å². The number of nitrogens with zero attached hydrogens (tertiary/aromatic N) is 5. The van der Waals surface area contributed by atoms with Crippen molar-refractivity contribution >= 4 is 22.8 Å². The maximum absolute atomic E-state index is 13.4. The Hall–Kier alpha value is -3.95. The van der Waals surface area contributed by atoms with Gasteiger partial charge in [-0.05, 0) is 37.1 Å². The molecular weight excluding hydrogens is 483 g/mol. The van der Waals surface area contributed by atoms with E-state index in [0.29, 0.717) is 55.2 Å². The summed E-state index contributed by atoms with van der Waals surface area (Å²) >= 11 is 0. The lowest BCUT2D eigenvalue weighted by molar-refractivity contribution is -0.137. The molecule has 1 amide bonds. The van der Waals surface area contributed by atoms with E-state index in [1.165, 1.54) is 6.07 Å². The smallest absolute Gasteiger partial charge is 0.352 e. The molecule has 0 bridgehead atoms. The zero-order valence-electron chi connectivity index (χ0n) is 20.5. The third kappa shape index (κ3) is 4.87. The summed E-state index contributed by atoms with van der Waals surface area (Å²) in [5.41, 5.74) is 1.60. The van der Waals surface area contributed by atoms with E-state index in [0.717, 1.165) is 24.1 Å². The SMILES string of the molecule is CCCc1nc(N2CCN(C(=O)c3ccccc3C)CC2)c2c(-c3cccc(C(F)(F)F)c3)noc2n1. The molecule has 2 aromatic carbocycles. The number of piperazine rings is 1. The van der Waals surface area contributed by atoms with Gasteiger partial charge >= 0.3 is 6.18 Å². The first kappa shape index (κ1) is 24.7. The van der Waals surface area contributed by atoms with Crippen molar-refractivity contribution in [3.63, 3.8) is 0 Å². The Morgan fingerprint density at radius 2 is 1.78 bits per heavy atom. The molecule has 3 heterocycles. The standard InChI is InChI=1S/C27H26F3N5O2/c1-3-7-21-31-24(34-12-14-35(15-13-34)26(36)20-11-5-4-8-17(20)2)22-23(33-37-25(22)32-21)18-9-6-10-19(16-18)27(28,29)30/h4-6,8-11,16H,3,7,12-15H2,1-2H3. The van der Waals surface area contributed by atoms with E-state index in [-0.39, 0.29) is 22.9 Å². The van der Waals surface area contributed by atoms with Crippen LogP contribution in [0.5, 0.6) is 0 Å². The number of carbonyl (C=O) groups is 1. The van der Waals surface area contributed by atoms with Gasteiger partial charge in [0.15, 0.2) is 0 Å². The van der Waals surface area contributed by atoms with Gasteiger partial charge in [-0.25, -0.2) is 4.98 Å². The van der Waals surface area contributed by atoms with Crippen molar-refractivity contribution in [2.45, 2.75) is 32.9 Å². The van der Waals surface area contributed by atoms with Crippen LogP contribution in [-0.4, -0.2) is 52.1 Å². The van der Waals surface area contributed by atoms with Crippen molar-refractivity contribution < 1.29 is 22.5 Å². The fraction of sp³-hybridized carbons (Fsp3) is 0.333. The summed E-state index contributed by atoms with van der Waals surface area (Å²) in [6, 6.07) is 12.5. The van der Waals surface area contributed by atoms with Gasteiger partial charge in [-0.3, -0.25) is 4.79 Å². The largest absolute Gasteiger partial charge is 0.416 e. The molecule has 10 heteroatoms. The first-order valence-electron chi connectivity index (χ1n) is 12.2. The zero-order valence-corrected chi connectivity index (χ0v) is 20.5. The molecule has 4 aromatic rings. The second-order valence-corrected chi connectivity index (χ2v) is 9.10. The molecule has 1 saturated heterocycles. The highest BCUT2D eigenvalue weighted by Crippen LogP contribution is 2.37. The van der Waals surface area contributed by atoms with Crippen molar-refractivity contribution in [1.82, 2.24) is 20.0 Å². The van der Waals surface area contributed by atoms with Gasteiger partial charge in [0.05, 0.1) is 5.56 Å². The van der Waals surface area contributed by atoms with Gasteiger partial charge in [0.2, 0.25) is 0 Å². The number of hydrogen-bond acceptors (Lipinski definition) is 6. The highest BCUT2D eigenvalue weighted by molar-refractivity contribution is 5.98. The molecule has 192 valence electrons. The lowest BCUT2D eigenvalue weighted by atomic mass is 10.1. The second-order valence-electron chi connectivity index (χ2n) is 9.10. The highest BCUT2D eigenvalue weighted by atomic mass is 19.4. The summed E-state index contributed by atoms with van der Waals surface area (Å²) in [5.74, 6) is 1.12. The molecule has 0 radical (unpaired) electrons. The van der Waals surface area contributed by atoms with Gasteiger partial charge in [-0.15, -0.1) is 0 Å². The van der Waals surface area contributed by atoms with Crippen LogP contribution in [0.25, 0.3) is 22.4 Å². The molecule has 37 heavy (non-hydrogen) atoms. The number of anilines is 1. The minimum Gasteiger partial charge on any atom is -0.352 e. The van der Waals surface area contributed by atoms with Crippen LogP contribution in [0.3, 0.4) is 0 Å². The third-order valence-electron chi connectivity index (χ3n) is 6.54. The minimum atomic E-state index is -4.48. The number of benzene rings is 2. The van der Waals surface area contributed by atoms with E-state index in [4.69, 9.17) is 9.51 Å². The Morgan fingerprint density at radius 3 is 2.49 bits per heavy atom. The van der Waals surface area contributed by atoms with Crippen LogP contribution >= 0.6 is 0 Å². The molecule has 1 aliphatic rings. The van der Waals surface area contributed by atoms with Gasteiger partial charge in [0, 0.05) is 43.7 Å². The van der Waals surface area contributed by atoms with E-state index in [2.05, 4.69) is 10.1 Å². The molecule has 1 aliphatic heterocycles. The van der Waals surface area contributed by atoms with Crippen LogP contribution in [0, 0.1) is 6.92 Å². The number of hydrogen-bond donors (Lipinski definition) is 0. The summed E-state index contributed by atoms with van der Waals surface area (Å²) in [6.07, 6.45) is -3.05. The fourth-order valence-corrected chi connectivity index (χ4v) is 4.59. The molecule has 0 unspecified atom stereocenters. The first-order valence-corrected chi connectivity index (χ1v) is 12.2. The molecular formula is C27H26F3N5O2. The third-order valence-corrected chi connectivity index (χ3v) is 6.54. The normalized spacial score (nSPS) is 14.4. The molecule has 0 aliphatic carbocycles. The Bertz CT molecular complexity index is 1440. The monoisotopic (exact) mass is 509 g/mol. The van der Waals surface area contributed by atoms with Crippen molar-refractivity contribution in [3.05, 3.63) is 71.0 Å². The zero-order chi connectivity index (χ0) is 26.2. The lowest BCUT2D eigenvalue weighted by Crippen LogP contribution is -2.49. The van der Waals surface area contributed by atoms with E-state index < -0.39 is 11.7 Å². The van der Waals surface area contributed by atoms with Gasteiger partial charge in [0.1, 0.15) is 22.7 Å². The summed E-state index contributed by atoms with van der Waals surface area (Å²) in [4.78, 5) is 26.2. The lowest BCUT2D eigenvalue weighted by Gasteiger charge is -2.36. The maximum Gasteiger partial charge on any atom is 0.416 e. The molecule has 2 aromatic heterocycles. The number of aromatic nitrogens is 3. The quantitative estimate of drug-likeness (QED) is 0.352. The maximum atomic E-state index is 13.4. The van der Waals surface area contributed by atoms with Gasteiger partial charge in [0.25, 0.3) is 11.6 Å². The number of halogens is 3. The highest BCUT2D eigenvalue weighted by Gasteiger charge is 2.32. The number of carbonyl (C=O) groups excluding carboxylic acids is 1. The predicted molar refractivity (Wildman–Crippen MR) is 133 cm³/mol. The van der Waals surface area contributed by atoms with Crippen LogP contribution in [0.15, 0.2) is 53.1 Å². The number of aryl methyl sites for hydroxylation is 2. The molecule has 5 rings (SSSR count). The average Bonchev–Trinajstić information content (AvgIpc) is 3.32. The number of alkyl halides is 3. The van der Waals surface area contributed by atoms with Crippen molar-refractivity contribution in [2.24, 2.45) is 0 Å². The Kier molecular flexibility index (Phi) is 6.57. The Labute approximate surface area is 211 Å². The van der Waals surface area contributed by atoms with Crippen LogP contribution in [-0.2, 0) is 12.6 Å². The molecule has 1 fully saturated rings. The molecule has 0 atom stereocenters. The minimum absolute atomic E-state index is 0.0214. The van der Waals surface area contributed by atoms with Crippen LogP contribution in [0.4, 0.5) is 19.0 Å². The number of rotatable bonds is 5. The van der Waals surface area contributed by atoms with Crippen molar-refractivity contribution in [2.75, 3.05) is 31.1 Å². The van der Waals surface area contributed by atoms with Crippen molar-refractivity contribution in [1.29, 1.82) is 0 Å². The second kappa shape index (κ2) is 9.84.